The largest absolute Gasteiger partial charge is 0.373 e. The summed E-state index contributed by atoms with van der Waals surface area (Å²) in [5.74, 6) is 0.698. The molecule has 0 spiro atoms. The summed E-state index contributed by atoms with van der Waals surface area (Å²) in [7, 11) is 0. The van der Waals surface area contributed by atoms with Crippen LogP contribution in [0.1, 0.15) is 30.9 Å². The molecule has 1 fully saturated rings. The highest BCUT2D eigenvalue weighted by atomic mass is 16.2. The van der Waals surface area contributed by atoms with E-state index in [1.54, 1.807) is 6.92 Å². The molecule has 2 aliphatic heterocycles. The van der Waals surface area contributed by atoms with Crippen molar-refractivity contribution in [1.82, 2.24) is 10.2 Å². The number of benzene rings is 1. The van der Waals surface area contributed by atoms with Crippen molar-refractivity contribution >= 4 is 17.5 Å². The van der Waals surface area contributed by atoms with Crippen LogP contribution in [0, 0.1) is 12.8 Å². The standard InChI is InChI=1S/C18H25N3O2/c1-12-3-4-16-15(9-12)10-17(20-16)18(23)19-11-14-5-7-21(8-6-14)13(2)22/h3-4,9,14,17,20H,5-8,10-11H2,1-2H3,(H,19,23)/t17-/m1/s1. The number of amides is 2. The molecule has 0 bridgehead atoms. The molecule has 2 N–H and O–H groups in total. The number of fused-ring (bicyclic) bond motifs is 1. The van der Waals surface area contributed by atoms with E-state index in [0.717, 1.165) is 38.0 Å². The van der Waals surface area contributed by atoms with Gasteiger partial charge in [0.15, 0.2) is 0 Å². The third-order valence-electron chi connectivity index (χ3n) is 4.96. The van der Waals surface area contributed by atoms with Gasteiger partial charge >= 0.3 is 0 Å². The number of nitrogens with zero attached hydrogens (tertiary/aromatic N) is 1. The highest BCUT2D eigenvalue weighted by Gasteiger charge is 2.27. The molecule has 5 nitrogen and oxygen atoms in total. The lowest BCUT2D eigenvalue weighted by atomic mass is 9.96. The zero-order valence-corrected chi connectivity index (χ0v) is 13.9. The van der Waals surface area contributed by atoms with Gasteiger partial charge in [-0.15, -0.1) is 0 Å². The van der Waals surface area contributed by atoms with Crippen molar-refractivity contribution in [2.24, 2.45) is 5.92 Å². The molecule has 0 unspecified atom stereocenters. The highest BCUT2D eigenvalue weighted by molar-refractivity contribution is 5.87. The van der Waals surface area contributed by atoms with E-state index in [0.29, 0.717) is 12.5 Å². The molecule has 0 aromatic heterocycles. The third kappa shape index (κ3) is 3.66. The van der Waals surface area contributed by atoms with Crippen molar-refractivity contribution < 1.29 is 9.59 Å². The summed E-state index contributed by atoms with van der Waals surface area (Å²) in [5, 5.41) is 6.39. The zero-order valence-electron chi connectivity index (χ0n) is 13.9. The van der Waals surface area contributed by atoms with Gasteiger partial charge in [-0.1, -0.05) is 17.7 Å². The number of hydrogen-bond donors (Lipinski definition) is 2. The average Bonchev–Trinajstić information content (AvgIpc) is 2.96. The first kappa shape index (κ1) is 15.8. The Kier molecular flexibility index (Phi) is 4.55. The molecule has 1 saturated heterocycles. The van der Waals surface area contributed by atoms with Crippen molar-refractivity contribution in [3.63, 3.8) is 0 Å². The molecule has 1 aromatic carbocycles. The molecule has 3 rings (SSSR count). The molecule has 2 aliphatic rings. The molecule has 0 saturated carbocycles. The molecule has 0 radical (unpaired) electrons. The molecule has 1 atom stereocenters. The first-order valence-corrected chi connectivity index (χ1v) is 8.42. The minimum absolute atomic E-state index is 0.0767. The van der Waals surface area contributed by atoms with Gasteiger partial charge in [-0.25, -0.2) is 0 Å². The van der Waals surface area contributed by atoms with Gasteiger partial charge in [0.2, 0.25) is 11.8 Å². The lowest BCUT2D eigenvalue weighted by Crippen LogP contribution is -2.44. The third-order valence-corrected chi connectivity index (χ3v) is 4.96. The van der Waals surface area contributed by atoms with Gasteiger partial charge in [-0.05, 0) is 37.3 Å². The minimum Gasteiger partial charge on any atom is -0.373 e. The predicted molar refractivity (Wildman–Crippen MR) is 90.3 cm³/mol. The van der Waals surface area contributed by atoms with Gasteiger partial charge in [-0.2, -0.15) is 0 Å². The van der Waals surface area contributed by atoms with Crippen LogP contribution in [0.5, 0.6) is 0 Å². The number of hydrogen-bond acceptors (Lipinski definition) is 3. The normalized spacial score (nSPS) is 20.8. The minimum atomic E-state index is -0.163. The maximum Gasteiger partial charge on any atom is 0.242 e. The SMILES string of the molecule is CC(=O)N1CCC(CNC(=O)[C@H]2Cc3cc(C)ccc3N2)CC1. The maximum absolute atomic E-state index is 12.4. The summed E-state index contributed by atoms with van der Waals surface area (Å²) in [6, 6.07) is 6.10. The molecular weight excluding hydrogens is 290 g/mol. The summed E-state index contributed by atoms with van der Waals surface area (Å²) < 4.78 is 0. The van der Waals surface area contributed by atoms with E-state index in [1.165, 1.54) is 11.1 Å². The van der Waals surface area contributed by atoms with Crippen molar-refractivity contribution in [2.75, 3.05) is 25.0 Å². The van der Waals surface area contributed by atoms with Crippen LogP contribution < -0.4 is 10.6 Å². The molecule has 5 heteroatoms. The van der Waals surface area contributed by atoms with Crippen LogP contribution in [0.25, 0.3) is 0 Å². The highest BCUT2D eigenvalue weighted by Crippen LogP contribution is 2.26. The second-order valence-corrected chi connectivity index (χ2v) is 6.76. The fraction of sp³-hybridized carbons (Fsp3) is 0.556. The van der Waals surface area contributed by atoms with E-state index in [4.69, 9.17) is 0 Å². The molecular formula is C18H25N3O2. The van der Waals surface area contributed by atoms with Crippen LogP contribution in [-0.4, -0.2) is 42.4 Å². The zero-order chi connectivity index (χ0) is 16.4. The number of likely N-dealkylation sites (tertiary alicyclic amines) is 1. The van der Waals surface area contributed by atoms with E-state index in [-0.39, 0.29) is 17.9 Å². The number of rotatable bonds is 3. The van der Waals surface area contributed by atoms with Crippen LogP contribution >= 0.6 is 0 Å². The Hall–Kier alpha value is -2.04. The molecule has 0 aliphatic carbocycles. The number of aryl methyl sites for hydroxylation is 1. The molecule has 2 heterocycles. The Morgan fingerprint density at radius 2 is 2.04 bits per heavy atom. The van der Waals surface area contributed by atoms with Gasteiger partial charge in [0, 0.05) is 38.7 Å². The van der Waals surface area contributed by atoms with Crippen LogP contribution in [-0.2, 0) is 16.0 Å². The van der Waals surface area contributed by atoms with Gasteiger partial charge in [0.25, 0.3) is 0 Å². The van der Waals surface area contributed by atoms with Crippen LogP contribution in [0.3, 0.4) is 0 Å². The summed E-state index contributed by atoms with van der Waals surface area (Å²) in [6.45, 7) is 6.01. The average molecular weight is 315 g/mol. The van der Waals surface area contributed by atoms with E-state index in [1.807, 2.05) is 4.90 Å². The summed E-state index contributed by atoms with van der Waals surface area (Å²) in [6.07, 6.45) is 2.69. The fourth-order valence-corrected chi connectivity index (χ4v) is 3.47. The quantitative estimate of drug-likeness (QED) is 0.892. The fourth-order valence-electron chi connectivity index (χ4n) is 3.47. The lowest BCUT2D eigenvalue weighted by molar-refractivity contribution is -0.130. The number of piperidine rings is 1. The smallest absolute Gasteiger partial charge is 0.242 e. The summed E-state index contributed by atoms with van der Waals surface area (Å²) >= 11 is 0. The second-order valence-electron chi connectivity index (χ2n) is 6.76. The Morgan fingerprint density at radius 3 is 2.74 bits per heavy atom. The van der Waals surface area contributed by atoms with Crippen molar-refractivity contribution in [1.29, 1.82) is 0 Å². The van der Waals surface area contributed by atoms with Crippen molar-refractivity contribution in [3.05, 3.63) is 29.3 Å². The predicted octanol–water partition coefficient (Wildman–Crippen LogP) is 1.71. The summed E-state index contributed by atoms with van der Waals surface area (Å²) in [4.78, 5) is 25.6. The Morgan fingerprint density at radius 1 is 1.30 bits per heavy atom. The molecule has 2 amide bonds. The summed E-state index contributed by atoms with van der Waals surface area (Å²) in [5.41, 5.74) is 3.52. The number of carbonyl (C=O) groups excluding carboxylic acids is 2. The second kappa shape index (κ2) is 6.60. The Bertz CT molecular complexity index is 606. The Balaban J connectivity index is 1.45. The van der Waals surface area contributed by atoms with Gasteiger partial charge in [0.1, 0.15) is 6.04 Å². The van der Waals surface area contributed by atoms with Gasteiger partial charge < -0.3 is 15.5 Å². The molecule has 23 heavy (non-hydrogen) atoms. The van der Waals surface area contributed by atoms with Crippen LogP contribution in [0.2, 0.25) is 0 Å². The number of carbonyl (C=O) groups is 2. The van der Waals surface area contributed by atoms with Gasteiger partial charge in [-0.3, -0.25) is 9.59 Å². The molecule has 1 aromatic rings. The van der Waals surface area contributed by atoms with E-state index < -0.39 is 0 Å². The van der Waals surface area contributed by atoms with Crippen molar-refractivity contribution in [2.45, 2.75) is 39.2 Å². The van der Waals surface area contributed by atoms with Crippen LogP contribution in [0.15, 0.2) is 18.2 Å². The first-order valence-electron chi connectivity index (χ1n) is 8.42. The molecule has 124 valence electrons. The van der Waals surface area contributed by atoms with E-state index in [2.05, 4.69) is 35.8 Å². The number of anilines is 1. The van der Waals surface area contributed by atoms with Crippen LogP contribution in [0.4, 0.5) is 5.69 Å². The van der Waals surface area contributed by atoms with E-state index >= 15 is 0 Å². The van der Waals surface area contributed by atoms with E-state index in [9.17, 15) is 9.59 Å². The van der Waals surface area contributed by atoms with Crippen molar-refractivity contribution in [3.8, 4) is 0 Å². The maximum atomic E-state index is 12.4. The Labute approximate surface area is 137 Å². The topological polar surface area (TPSA) is 61.4 Å². The lowest BCUT2D eigenvalue weighted by Gasteiger charge is -2.31. The first-order chi connectivity index (χ1) is 11.0. The number of nitrogens with one attached hydrogen (secondary N) is 2. The monoisotopic (exact) mass is 315 g/mol. The van der Waals surface area contributed by atoms with Gasteiger partial charge in [0.05, 0.1) is 0 Å².